The Hall–Kier alpha value is -1.55. The van der Waals surface area contributed by atoms with E-state index in [1.165, 1.54) is 5.56 Å². The summed E-state index contributed by atoms with van der Waals surface area (Å²) in [6.45, 7) is 2.59. The van der Waals surface area contributed by atoms with Crippen molar-refractivity contribution in [3.8, 4) is 0 Å². The summed E-state index contributed by atoms with van der Waals surface area (Å²) in [5.74, 6) is -1.03. The van der Waals surface area contributed by atoms with Gasteiger partial charge in [0.25, 0.3) is 0 Å². The fourth-order valence-electron chi connectivity index (χ4n) is 2.70. The fourth-order valence-corrected chi connectivity index (χ4v) is 2.70. The van der Waals surface area contributed by atoms with Crippen LogP contribution < -0.4 is 5.32 Å². The molecule has 20 heavy (non-hydrogen) atoms. The number of carboxylic acid groups (broad SMARTS) is 1. The molecule has 2 rings (SSSR count). The van der Waals surface area contributed by atoms with Gasteiger partial charge in [0.15, 0.2) is 0 Å². The molecule has 0 atom stereocenters. The number of aliphatic carboxylic acids is 1. The van der Waals surface area contributed by atoms with E-state index in [1.54, 1.807) is 0 Å². The highest BCUT2D eigenvalue weighted by Crippen LogP contribution is 2.32. The molecular weight excluding hydrogens is 254 g/mol. The molecule has 0 radical (unpaired) electrons. The van der Waals surface area contributed by atoms with Gasteiger partial charge in [0.05, 0.1) is 11.5 Å². The molecule has 0 bridgehead atoms. The maximum Gasteiger partial charge on any atom is 0.306 e. The lowest BCUT2D eigenvalue weighted by Gasteiger charge is -2.35. The van der Waals surface area contributed by atoms with Crippen molar-refractivity contribution in [3.05, 3.63) is 29.8 Å². The molecule has 3 N–H and O–H groups in total. The average Bonchev–Trinajstić information content (AvgIpc) is 2.46. The smallest absolute Gasteiger partial charge is 0.306 e. The molecule has 0 heterocycles. The van der Waals surface area contributed by atoms with E-state index in [4.69, 9.17) is 5.11 Å². The first kappa shape index (κ1) is 14.9. The summed E-state index contributed by atoms with van der Waals surface area (Å²) < 4.78 is 0. The largest absolute Gasteiger partial charge is 0.481 e. The van der Waals surface area contributed by atoms with Gasteiger partial charge in [-0.25, -0.2) is 0 Å². The van der Waals surface area contributed by atoms with E-state index >= 15 is 0 Å². The van der Waals surface area contributed by atoms with Gasteiger partial charge < -0.3 is 15.5 Å². The third-order valence-corrected chi connectivity index (χ3v) is 4.25. The third-order valence-electron chi connectivity index (χ3n) is 4.25. The molecule has 0 aromatic heterocycles. The zero-order valence-electron chi connectivity index (χ0n) is 11.9. The van der Waals surface area contributed by atoms with Crippen molar-refractivity contribution >= 4 is 11.7 Å². The second-order valence-corrected chi connectivity index (χ2v) is 5.74. The van der Waals surface area contributed by atoms with Crippen LogP contribution in [0.1, 0.15) is 38.2 Å². The standard InChI is InChI=1S/C16H23NO3/c1-2-12-3-5-14(6-4-12)17-11-16(20)9-7-13(8-10-16)15(18)19/h3-6,13,17,20H,2,7-11H2,1H3,(H,18,19). The number of aliphatic hydroxyl groups is 1. The van der Waals surface area contributed by atoms with Crippen LogP contribution in [0.5, 0.6) is 0 Å². The Balaban J connectivity index is 1.85. The highest BCUT2D eigenvalue weighted by atomic mass is 16.4. The first-order valence-electron chi connectivity index (χ1n) is 7.30. The molecule has 1 aliphatic carbocycles. The molecule has 4 nitrogen and oxygen atoms in total. The summed E-state index contributed by atoms with van der Waals surface area (Å²) in [7, 11) is 0. The minimum Gasteiger partial charge on any atom is -0.481 e. The number of nitrogens with one attached hydrogen (secondary N) is 1. The van der Waals surface area contributed by atoms with E-state index in [9.17, 15) is 9.90 Å². The van der Waals surface area contributed by atoms with E-state index in [2.05, 4.69) is 24.4 Å². The molecule has 0 saturated heterocycles. The minimum atomic E-state index is -0.782. The lowest BCUT2D eigenvalue weighted by Crippen LogP contribution is -2.41. The van der Waals surface area contributed by atoms with Crippen LogP contribution in [0.4, 0.5) is 5.69 Å². The number of aryl methyl sites for hydroxylation is 1. The quantitative estimate of drug-likeness (QED) is 0.774. The van der Waals surface area contributed by atoms with Crippen molar-refractivity contribution in [2.45, 2.75) is 44.6 Å². The van der Waals surface area contributed by atoms with Crippen LogP contribution in [0.3, 0.4) is 0 Å². The maximum absolute atomic E-state index is 10.9. The van der Waals surface area contributed by atoms with Gasteiger partial charge >= 0.3 is 5.97 Å². The first-order chi connectivity index (χ1) is 9.52. The van der Waals surface area contributed by atoms with Crippen molar-refractivity contribution in [3.63, 3.8) is 0 Å². The number of hydrogen-bond donors (Lipinski definition) is 3. The average molecular weight is 277 g/mol. The van der Waals surface area contributed by atoms with Crippen LogP contribution in [-0.2, 0) is 11.2 Å². The number of carboxylic acids is 1. The van der Waals surface area contributed by atoms with E-state index < -0.39 is 11.6 Å². The van der Waals surface area contributed by atoms with Crippen LogP contribution in [-0.4, -0.2) is 28.3 Å². The topological polar surface area (TPSA) is 69.6 Å². The van der Waals surface area contributed by atoms with Gasteiger partial charge in [0, 0.05) is 12.2 Å². The first-order valence-corrected chi connectivity index (χ1v) is 7.30. The molecule has 1 aromatic carbocycles. The van der Waals surface area contributed by atoms with Crippen molar-refractivity contribution in [1.82, 2.24) is 0 Å². The highest BCUT2D eigenvalue weighted by Gasteiger charge is 2.35. The summed E-state index contributed by atoms with van der Waals surface area (Å²) in [5, 5.41) is 22.7. The van der Waals surface area contributed by atoms with Gasteiger partial charge in [-0.2, -0.15) is 0 Å². The molecule has 1 aliphatic rings. The molecule has 110 valence electrons. The molecule has 1 saturated carbocycles. The lowest BCUT2D eigenvalue weighted by molar-refractivity contribution is -0.144. The summed E-state index contributed by atoms with van der Waals surface area (Å²) >= 11 is 0. The summed E-state index contributed by atoms with van der Waals surface area (Å²) in [6, 6.07) is 8.19. The Labute approximate surface area is 119 Å². The molecule has 0 spiro atoms. The maximum atomic E-state index is 10.9. The summed E-state index contributed by atoms with van der Waals surface area (Å²) in [6.07, 6.45) is 3.22. The zero-order chi connectivity index (χ0) is 14.6. The molecular formula is C16H23NO3. The van der Waals surface area contributed by atoms with Crippen molar-refractivity contribution in [2.75, 3.05) is 11.9 Å². The van der Waals surface area contributed by atoms with Crippen molar-refractivity contribution < 1.29 is 15.0 Å². The number of benzene rings is 1. The van der Waals surface area contributed by atoms with Crippen LogP contribution >= 0.6 is 0 Å². The van der Waals surface area contributed by atoms with Crippen LogP contribution in [0.15, 0.2) is 24.3 Å². The Morgan fingerprint density at radius 1 is 1.30 bits per heavy atom. The van der Waals surface area contributed by atoms with E-state index in [0.29, 0.717) is 32.2 Å². The summed E-state index contributed by atoms with van der Waals surface area (Å²) in [4.78, 5) is 10.9. The van der Waals surface area contributed by atoms with Crippen LogP contribution in [0, 0.1) is 5.92 Å². The van der Waals surface area contributed by atoms with Crippen LogP contribution in [0.25, 0.3) is 0 Å². The highest BCUT2D eigenvalue weighted by molar-refractivity contribution is 5.70. The monoisotopic (exact) mass is 277 g/mol. The van der Waals surface area contributed by atoms with E-state index in [1.807, 2.05) is 12.1 Å². The second-order valence-electron chi connectivity index (χ2n) is 5.74. The molecule has 1 fully saturated rings. The number of anilines is 1. The molecule has 1 aromatic rings. The molecule has 0 amide bonds. The molecule has 0 unspecified atom stereocenters. The lowest BCUT2D eigenvalue weighted by atomic mass is 9.79. The van der Waals surface area contributed by atoms with Gasteiger partial charge in [-0.15, -0.1) is 0 Å². The number of rotatable bonds is 5. The van der Waals surface area contributed by atoms with E-state index in [0.717, 1.165) is 12.1 Å². The SMILES string of the molecule is CCc1ccc(NCC2(O)CCC(C(=O)O)CC2)cc1. The van der Waals surface area contributed by atoms with E-state index in [-0.39, 0.29) is 5.92 Å². The van der Waals surface area contributed by atoms with Gasteiger partial charge in [0.2, 0.25) is 0 Å². The Kier molecular flexibility index (Phi) is 4.65. The normalized spacial score (nSPS) is 26.2. The Morgan fingerprint density at radius 3 is 2.40 bits per heavy atom. The predicted molar refractivity (Wildman–Crippen MR) is 78.9 cm³/mol. The van der Waals surface area contributed by atoms with Gasteiger partial charge in [-0.3, -0.25) is 4.79 Å². The fraction of sp³-hybridized carbons (Fsp3) is 0.562. The number of carbonyl (C=O) groups is 1. The number of hydrogen-bond acceptors (Lipinski definition) is 3. The van der Waals surface area contributed by atoms with Gasteiger partial charge in [-0.1, -0.05) is 19.1 Å². The third kappa shape index (κ3) is 3.73. The Bertz CT molecular complexity index is 447. The second kappa shape index (κ2) is 6.27. The molecule has 0 aliphatic heterocycles. The summed E-state index contributed by atoms with van der Waals surface area (Å²) in [5.41, 5.74) is 1.50. The minimum absolute atomic E-state index is 0.292. The van der Waals surface area contributed by atoms with Crippen LogP contribution in [0.2, 0.25) is 0 Å². The van der Waals surface area contributed by atoms with Gasteiger partial charge in [-0.05, 0) is 49.8 Å². The van der Waals surface area contributed by atoms with Crippen molar-refractivity contribution in [1.29, 1.82) is 0 Å². The Morgan fingerprint density at radius 2 is 1.90 bits per heavy atom. The van der Waals surface area contributed by atoms with Gasteiger partial charge in [0.1, 0.15) is 0 Å². The predicted octanol–water partition coefficient (Wildman–Crippen LogP) is 2.67. The zero-order valence-corrected chi connectivity index (χ0v) is 11.9. The van der Waals surface area contributed by atoms with Crippen molar-refractivity contribution in [2.24, 2.45) is 5.92 Å². The molecule has 4 heteroatoms.